The fourth-order valence-electron chi connectivity index (χ4n) is 3.55. The molecule has 0 saturated heterocycles. The smallest absolute Gasteiger partial charge is 0.317 e. The molecule has 3 heterocycles. The number of aromatic amines is 1. The van der Waals surface area contributed by atoms with Crippen LogP contribution >= 0.6 is 0 Å². The number of carbonyl (C=O) groups excluding carboxylic acids is 2. The Hall–Kier alpha value is -3.35. The minimum atomic E-state index is -0.133. The van der Waals surface area contributed by atoms with Gasteiger partial charge in [-0.15, -0.1) is 0 Å². The van der Waals surface area contributed by atoms with Crippen LogP contribution in [0.25, 0.3) is 10.9 Å². The number of hydrogen-bond donors (Lipinski definition) is 3. The monoisotopic (exact) mass is 377 g/mol. The Morgan fingerprint density at radius 2 is 1.93 bits per heavy atom. The number of para-hydroxylation sites is 1. The van der Waals surface area contributed by atoms with E-state index in [1.165, 1.54) is 10.9 Å². The number of amides is 3. The summed E-state index contributed by atoms with van der Waals surface area (Å²) in [4.78, 5) is 33.5. The molecule has 144 valence electrons. The maximum atomic E-state index is 12.4. The molecule has 7 heteroatoms. The minimum Gasteiger partial charge on any atom is -0.357 e. The van der Waals surface area contributed by atoms with Crippen molar-refractivity contribution in [3.63, 3.8) is 0 Å². The van der Waals surface area contributed by atoms with Crippen LogP contribution in [0.4, 0.5) is 4.79 Å². The maximum absolute atomic E-state index is 12.4. The number of benzene rings is 1. The Morgan fingerprint density at radius 1 is 1.11 bits per heavy atom. The van der Waals surface area contributed by atoms with Crippen LogP contribution in [0.2, 0.25) is 0 Å². The summed E-state index contributed by atoms with van der Waals surface area (Å²) in [6.07, 6.45) is 4.47. The summed E-state index contributed by atoms with van der Waals surface area (Å²) >= 11 is 0. The van der Waals surface area contributed by atoms with Gasteiger partial charge in [-0.25, -0.2) is 4.79 Å². The summed E-state index contributed by atoms with van der Waals surface area (Å²) in [6.45, 7) is 2.01. The molecule has 3 aromatic rings. The topological polar surface area (TPSA) is 90.1 Å². The molecule has 1 aliphatic heterocycles. The molecule has 4 rings (SSSR count). The molecule has 0 fully saturated rings. The zero-order valence-corrected chi connectivity index (χ0v) is 15.6. The Bertz CT molecular complexity index is 983. The van der Waals surface area contributed by atoms with Crippen LogP contribution < -0.4 is 10.6 Å². The van der Waals surface area contributed by atoms with Gasteiger partial charge in [0.05, 0.1) is 6.54 Å². The molecule has 0 aliphatic carbocycles. The highest BCUT2D eigenvalue weighted by Gasteiger charge is 2.23. The molecule has 1 aliphatic rings. The van der Waals surface area contributed by atoms with Gasteiger partial charge in [-0.3, -0.25) is 9.78 Å². The molecule has 2 aromatic heterocycles. The lowest BCUT2D eigenvalue weighted by atomic mass is 10.0. The number of nitrogens with zero attached hydrogens (tertiary/aromatic N) is 2. The lowest BCUT2D eigenvalue weighted by Gasteiger charge is -2.27. The highest BCUT2D eigenvalue weighted by atomic mass is 16.2. The summed E-state index contributed by atoms with van der Waals surface area (Å²) in [5.41, 5.74) is 4.50. The van der Waals surface area contributed by atoms with E-state index in [4.69, 9.17) is 0 Å². The normalized spacial score (nSPS) is 13.2. The second kappa shape index (κ2) is 8.12. The van der Waals surface area contributed by atoms with Crippen molar-refractivity contribution in [1.82, 2.24) is 25.5 Å². The molecule has 3 N–H and O–H groups in total. The van der Waals surface area contributed by atoms with Gasteiger partial charge in [0, 0.05) is 55.0 Å². The van der Waals surface area contributed by atoms with Crippen LogP contribution in [0, 0.1) is 0 Å². The average molecular weight is 377 g/mol. The molecular weight excluding hydrogens is 354 g/mol. The van der Waals surface area contributed by atoms with Crippen LogP contribution in [0.15, 0.2) is 48.8 Å². The predicted octanol–water partition coefficient (Wildman–Crippen LogP) is 2.34. The largest absolute Gasteiger partial charge is 0.357 e. The first kappa shape index (κ1) is 18.0. The summed E-state index contributed by atoms with van der Waals surface area (Å²) in [6, 6.07) is 11.8. The second-order valence-electron chi connectivity index (χ2n) is 6.91. The molecule has 0 saturated carbocycles. The zero-order valence-electron chi connectivity index (χ0n) is 15.6. The molecule has 0 unspecified atom stereocenters. The number of H-pyrrole nitrogens is 1. The number of nitrogens with one attached hydrogen (secondary N) is 3. The molecule has 0 radical (unpaired) electrons. The van der Waals surface area contributed by atoms with Gasteiger partial charge in [-0.1, -0.05) is 18.2 Å². The van der Waals surface area contributed by atoms with Gasteiger partial charge in [0.1, 0.15) is 0 Å². The third kappa shape index (κ3) is 3.98. The molecule has 28 heavy (non-hydrogen) atoms. The first-order chi connectivity index (χ1) is 13.7. The highest BCUT2D eigenvalue weighted by molar-refractivity contribution is 5.85. The summed E-state index contributed by atoms with van der Waals surface area (Å²) in [5.74, 6) is -0.0892. The van der Waals surface area contributed by atoms with Crippen molar-refractivity contribution >= 4 is 22.8 Å². The van der Waals surface area contributed by atoms with E-state index in [1.807, 2.05) is 24.3 Å². The third-order valence-electron chi connectivity index (χ3n) is 5.04. The molecule has 7 nitrogen and oxygen atoms in total. The fraction of sp³-hybridized carbons (Fsp3) is 0.286. The number of fused-ring (bicyclic) bond motifs is 3. The zero-order chi connectivity index (χ0) is 19.3. The summed E-state index contributed by atoms with van der Waals surface area (Å²) < 4.78 is 0. The van der Waals surface area contributed by atoms with E-state index in [0.29, 0.717) is 26.2 Å². The van der Waals surface area contributed by atoms with E-state index in [0.717, 1.165) is 23.2 Å². The number of rotatable bonds is 5. The molecule has 3 amide bonds. The van der Waals surface area contributed by atoms with Crippen molar-refractivity contribution in [2.45, 2.75) is 25.9 Å². The SMILES string of the molecule is O=C(CCNC(=O)N1CCc2c([nH]c3ccccc23)C1)NCc1ccncc1. The van der Waals surface area contributed by atoms with Crippen molar-refractivity contribution in [2.24, 2.45) is 0 Å². The Labute approximate surface area is 163 Å². The first-order valence-corrected chi connectivity index (χ1v) is 9.47. The Kier molecular flexibility index (Phi) is 5.23. The molecule has 1 aromatic carbocycles. The van der Waals surface area contributed by atoms with Crippen molar-refractivity contribution in [3.05, 3.63) is 65.6 Å². The number of hydrogen-bond acceptors (Lipinski definition) is 3. The molecule has 0 atom stereocenters. The fourth-order valence-corrected chi connectivity index (χ4v) is 3.55. The van der Waals surface area contributed by atoms with Crippen molar-refractivity contribution in [3.8, 4) is 0 Å². The van der Waals surface area contributed by atoms with E-state index >= 15 is 0 Å². The van der Waals surface area contributed by atoms with Crippen molar-refractivity contribution < 1.29 is 9.59 Å². The van der Waals surface area contributed by atoms with E-state index in [2.05, 4.69) is 32.7 Å². The van der Waals surface area contributed by atoms with Crippen molar-refractivity contribution in [1.29, 1.82) is 0 Å². The van der Waals surface area contributed by atoms with Crippen LogP contribution in [0.1, 0.15) is 23.2 Å². The molecule has 0 bridgehead atoms. The van der Waals surface area contributed by atoms with Gasteiger partial charge in [0.2, 0.25) is 5.91 Å². The number of aromatic nitrogens is 2. The molecular formula is C21H23N5O2. The van der Waals surface area contributed by atoms with Gasteiger partial charge in [-0.2, -0.15) is 0 Å². The average Bonchev–Trinajstić information content (AvgIpc) is 3.10. The van der Waals surface area contributed by atoms with Crippen LogP contribution in [0.5, 0.6) is 0 Å². The van der Waals surface area contributed by atoms with E-state index in [-0.39, 0.29) is 18.4 Å². The maximum Gasteiger partial charge on any atom is 0.317 e. The summed E-state index contributed by atoms with van der Waals surface area (Å²) in [7, 11) is 0. The van der Waals surface area contributed by atoms with Crippen LogP contribution in [-0.4, -0.2) is 39.9 Å². The second-order valence-corrected chi connectivity index (χ2v) is 6.91. The minimum absolute atomic E-state index is 0.0892. The molecule has 0 spiro atoms. The predicted molar refractivity (Wildman–Crippen MR) is 107 cm³/mol. The third-order valence-corrected chi connectivity index (χ3v) is 5.04. The van der Waals surface area contributed by atoms with E-state index < -0.39 is 0 Å². The lowest BCUT2D eigenvalue weighted by Crippen LogP contribution is -2.43. The van der Waals surface area contributed by atoms with Gasteiger partial charge in [-0.05, 0) is 35.7 Å². The Balaban J connectivity index is 1.24. The first-order valence-electron chi connectivity index (χ1n) is 9.47. The Morgan fingerprint density at radius 3 is 2.79 bits per heavy atom. The van der Waals surface area contributed by atoms with E-state index in [1.54, 1.807) is 17.3 Å². The van der Waals surface area contributed by atoms with Gasteiger partial charge >= 0.3 is 6.03 Å². The summed E-state index contributed by atoms with van der Waals surface area (Å²) in [5, 5.41) is 6.93. The number of carbonyl (C=O) groups is 2. The van der Waals surface area contributed by atoms with Crippen molar-refractivity contribution in [2.75, 3.05) is 13.1 Å². The van der Waals surface area contributed by atoms with Crippen LogP contribution in [-0.2, 0) is 24.3 Å². The number of urea groups is 1. The lowest BCUT2D eigenvalue weighted by molar-refractivity contribution is -0.121. The quantitative estimate of drug-likeness (QED) is 0.637. The standard InChI is InChI=1S/C21H23N5O2/c27-20(24-13-15-5-9-22-10-6-15)7-11-23-21(28)26-12-8-17-16-3-1-2-4-18(16)25-19(17)14-26/h1-6,9-10,25H,7-8,11-14H2,(H,23,28)(H,24,27). The van der Waals surface area contributed by atoms with Gasteiger partial charge in [0.25, 0.3) is 0 Å². The number of pyridine rings is 1. The van der Waals surface area contributed by atoms with Gasteiger partial charge < -0.3 is 20.5 Å². The van der Waals surface area contributed by atoms with E-state index in [9.17, 15) is 9.59 Å². The van der Waals surface area contributed by atoms with Gasteiger partial charge in [0.15, 0.2) is 0 Å². The highest BCUT2D eigenvalue weighted by Crippen LogP contribution is 2.27. The van der Waals surface area contributed by atoms with Crippen LogP contribution in [0.3, 0.4) is 0 Å².